The second kappa shape index (κ2) is 6.98. The summed E-state index contributed by atoms with van der Waals surface area (Å²) in [7, 11) is 1.49. The number of carbonyl (C=O) groups is 2. The predicted octanol–water partition coefficient (Wildman–Crippen LogP) is 0.918. The first-order chi connectivity index (χ1) is 10.5. The molecule has 0 aliphatic carbocycles. The summed E-state index contributed by atoms with van der Waals surface area (Å²) in [6.45, 7) is 2.04. The van der Waals surface area contributed by atoms with Crippen LogP contribution in [0.15, 0.2) is 18.2 Å². The van der Waals surface area contributed by atoms with E-state index >= 15 is 0 Å². The molecule has 1 aliphatic rings. The molecular weight excluding hydrogens is 308 g/mol. The predicted molar refractivity (Wildman–Crippen MR) is 82.1 cm³/mol. The zero-order valence-corrected chi connectivity index (χ0v) is 13.3. The third-order valence-corrected chi connectivity index (χ3v) is 3.98. The number of rotatable bonds is 4. The Morgan fingerprint density at radius 3 is 2.77 bits per heavy atom. The highest BCUT2D eigenvalue weighted by atomic mass is 35.5. The Morgan fingerprint density at radius 2 is 2.18 bits per heavy atom. The fourth-order valence-electron chi connectivity index (χ4n) is 2.66. The van der Waals surface area contributed by atoms with Crippen molar-refractivity contribution in [1.29, 1.82) is 0 Å². The van der Waals surface area contributed by atoms with Gasteiger partial charge in [0, 0.05) is 37.6 Å². The van der Waals surface area contributed by atoms with E-state index in [1.54, 1.807) is 23.1 Å². The number of hydrogen-bond acceptors (Lipinski definition) is 4. The van der Waals surface area contributed by atoms with Gasteiger partial charge in [-0.2, -0.15) is 0 Å². The Balaban J connectivity index is 2.20. The van der Waals surface area contributed by atoms with Crippen molar-refractivity contribution in [1.82, 2.24) is 10.2 Å². The molecule has 1 aliphatic heterocycles. The van der Waals surface area contributed by atoms with Gasteiger partial charge in [-0.15, -0.1) is 0 Å². The van der Waals surface area contributed by atoms with E-state index in [2.05, 4.69) is 5.32 Å². The van der Waals surface area contributed by atoms with Crippen LogP contribution in [-0.4, -0.2) is 54.7 Å². The van der Waals surface area contributed by atoms with E-state index in [1.807, 2.05) is 0 Å². The van der Waals surface area contributed by atoms with Gasteiger partial charge in [0.05, 0.1) is 18.7 Å². The van der Waals surface area contributed by atoms with Crippen LogP contribution in [0.25, 0.3) is 0 Å². The van der Waals surface area contributed by atoms with Crippen molar-refractivity contribution in [2.75, 3.05) is 26.8 Å². The zero-order valence-electron chi connectivity index (χ0n) is 12.5. The number of nitrogens with one attached hydrogen (secondary N) is 1. The zero-order chi connectivity index (χ0) is 16.3. The lowest BCUT2D eigenvalue weighted by molar-refractivity contribution is -0.119. The van der Waals surface area contributed by atoms with Gasteiger partial charge in [0.1, 0.15) is 5.75 Å². The quantitative estimate of drug-likeness (QED) is 0.862. The van der Waals surface area contributed by atoms with Gasteiger partial charge in [-0.3, -0.25) is 9.59 Å². The van der Waals surface area contributed by atoms with Crippen molar-refractivity contribution < 1.29 is 19.4 Å². The van der Waals surface area contributed by atoms with E-state index in [1.165, 1.54) is 14.0 Å². The second-order valence-electron chi connectivity index (χ2n) is 5.30. The molecule has 1 heterocycles. The van der Waals surface area contributed by atoms with Gasteiger partial charge in [0.15, 0.2) is 0 Å². The third kappa shape index (κ3) is 3.51. The maximum Gasteiger partial charge on any atom is 0.257 e. The molecule has 1 aromatic carbocycles. The lowest BCUT2D eigenvalue weighted by atomic mass is 10.1. The van der Waals surface area contributed by atoms with Gasteiger partial charge >= 0.3 is 0 Å². The molecule has 0 spiro atoms. The van der Waals surface area contributed by atoms with Crippen LogP contribution in [0.3, 0.4) is 0 Å². The van der Waals surface area contributed by atoms with Crippen LogP contribution in [-0.2, 0) is 4.79 Å². The van der Waals surface area contributed by atoms with E-state index in [4.69, 9.17) is 16.3 Å². The van der Waals surface area contributed by atoms with Gasteiger partial charge in [0.2, 0.25) is 5.91 Å². The number of halogens is 1. The molecule has 2 amide bonds. The minimum Gasteiger partial charge on any atom is -0.496 e. The van der Waals surface area contributed by atoms with Gasteiger partial charge in [-0.1, -0.05) is 11.6 Å². The number of hydrogen-bond donors (Lipinski definition) is 2. The monoisotopic (exact) mass is 326 g/mol. The number of aliphatic hydroxyl groups is 1. The fourth-order valence-corrected chi connectivity index (χ4v) is 2.84. The van der Waals surface area contributed by atoms with Crippen LogP contribution in [0, 0.1) is 5.92 Å². The van der Waals surface area contributed by atoms with Crippen molar-refractivity contribution in [3.63, 3.8) is 0 Å². The number of carbonyl (C=O) groups excluding carboxylic acids is 2. The largest absolute Gasteiger partial charge is 0.496 e. The highest BCUT2D eigenvalue weighted by Gasteiger charge is 2.36. The first kappa shape index (κ1) is 16.6. The molecule has 2 N–H and O–H groups in total. The average molecular weight is 327 g/mol. The molecule has 0 radical (unpaired) electrons. The number of amides is 2. The molecular formula is C15H19ClN2O4. The Hall–Kier alpha value is -1.79. The van der Waals surface area contributed by atoms with Crippen LogP contribution in [0.2, 0.25) is 5.02 Å². The van der Waals surface area contributed by atoms with Crippen LogP contribution < -0.4 is 10.1 Å². The van der Waals surface area contributed by atoms with Crippen molar-refractivity contribution in [3.8, 4) is 5.75 Å². The standard InChI is InChI=1S/C15H19ClN2O4/c1-9(20)17-13-7-18(6-10(13)8-19)15(21)12-5-11(16)3-4-14(12)22-2/h3-5,10,13,19H,6-8H2,1-2H3,(H,17,20)/t10-,13+/m0/s1. The van der Waals surface area contributed by atoms with E-state index < -0.39 is 0 Å². The summed E-state index contributed by atoms with van der Waals surface area (Å²) in [6.07, 6.45) is 0. The molecule has 0 bridgehead atoms. The molecule has 1 aromatic rings. The lowest BCUT2D eigenvalue weighted by Crippen LogP contribution is -2.40. The molecule has 0 unspecified atom stereocenters. The van der Waals surface area contributed by atoms with Gasteiger partial charge in [0.25, 0.3) is 5.91 Å². The van der Waals surface area contributed by atoms with E-state index in [0.29, 0.717) is 29.4 Å². The van der Waals surface area contributed by atoms with E-state index in [9.17, 15) is 14.7 Å². The Bertz CT molecular complexity index is 579. The Labute approximate surface area is 134 Å². The van der Waals surface area contributed by atoms with E-state index in [0.717, 1.165) is 0 Å². The Kier molecular flexibility index (Phi) is 5.26. The smallest absolute Gasteiger partial charge is 0.257 e. The second-order valence-corrected chi connectivity index (χ2v) is 5.74. The summed E-state index contributed by atoms with van der Waals surface area (Å²) in [5.74, 6) is -0.153. The van der Waals surface area contributed by atoms with Gasteiger partial charge in [-0.25, -0.2) is 0 Å². The number of benzene rings is 1. The van der Waals surface area contributed by atoms with E-state index in [-0.39, 0.29) is 30.4 Å². The maximum atomic E-state index is 12.7. The molecule has 0 saturated carbocycles. The minimum atomic E-state index is -0.253. The van der Waals surface area contributed by atoms with Crippen LogP contribution in [0.5, 0.6) is 5.75 Å². The summed E-state index contributed by atoms with van der Waals surface area (Å²) >= 11 is 5.95. The molecule has 6 nitrogen and oxygen atoms in total. The number of methoxy groups -OCH3 is 1. The molecule has 22 heavy (non-hydrogen) atoms. The first-order valence-electron chi connectivity index (χ1n) is 6.97. The lowest BCUT2D eigenvalue weighted by Gasteiger charge is -2.18. The molecule has 1 fully saturated rings. The van der Waals surface area contributed by atoms with Crippen molar-refractivity contribution in [3.05, 3.63) is 28.8 Å². The molecule has 7 heteroatoms. The third-order valence-electron chi connectivity index (χ3n) is 3.74. The summed E-state index contributed by atoms with van der Waals surface area (Å²) in [6, 6.07) is 4.59. The minimum absolute atomic E-state index is 0.0958. The topological polar surface area (TPSA) is 78.9 Å². The molecule has 120 valence electrons. The first-order valence-corrected chi connectivity index (χ1v) is 7.34. The number of ether oxygens (including phenoxy) is 1. The van der Waals surface area contributed by atoms with Crippen molar-refractivity contribution in [2.24, 2.45) is 5.92 Å². The van der Waals surface area contributed by atoms with Crippen molar-refractivity contribution >= 4 is 23.4 Å². The Morgan fingerprint density at radius 1 is 1.45 bits per heavy atom. The van der Waals surface area contributed by atoms with Gasteiger partial charge < -0.3 is 20.1 Å². The average Bonchev–Trinajstić information content (AvgIpc) is 2.88. The highest BCUT2D eigenvalue weighted by Crippen LogP contribution is 2.26. The number of likely N-dealkylation sites (tertiary alicyclic amines) is 1. The van der Waals surface area contributed by atoms with Crippen LogP contribution >= 0.6 is 11.6 Å². The number of nitrogens with zero attached hydrogens (tertiary/aromatic N) is 1. The molecule has 2 atom stereocenters. The van der Waals surface area contributed by atoms with Crippen molar-refractivity contribution in [2.45, 2.75) is 13.0 Å². The fraction of sp³-hybridized carbons (Fsp3) is 0.467. The summed E-state index contributed by atoms with van der Waals surface area (Å²) in [5, 5.41) is 12.6. The van der Waals surface area contributed by atoms with Crippen LogP contribution in [0.4, 0.5) is 0 Å². The SMILES string of the molecule is COc1ccc(Cl)cc1C(=O)N1C[C@@H](CO)[C@H](NC(C)=O)C1. The van der Waals surface area contributed by atoms with Crippen LogP contribution in [0.1, 0.15) is 17.3 Å². The highest BCUT2D eigenvalue weighted by molar-refractivity contribution is 6.31. The maximum absolute atomic E-state index is 12.7. The summed E-state index contributed by atoms with van der Waals surface area (Å²) in [5.41, 5.74) is 0.371. The molecule has 0 aromatic heterocycles. The summed E-state index contributed by atoms with van der Waals surface area (Å²) < 4.78 is 5.20. The van der Waals surface area contributed by atoms with Gasteiger partial charge in [-0.05, 0) is 18.2 Å². The number of aliphatic hydroxyl groups excluding tert-OH is 1. The molecule has 2 rings (SSSR count). The molecule has 1 saturated heterocycles. The normalized spacial score (nSPS) is 20.8. The summed E-state index contributed by atoms with van der Waals surface area (Å²) in [4.78, 5) is 25.5.